The molecule has 0 aliphatic heterocycles. The van der Waals surface area contributed by atoms with Gasteiger partial charge in [0.05, 0.1) is 12.3 Å². The number of imidazole rings is 1. The van der Waals surface area contributed by atoms with Crippen LogP contribution in [-0.2, 0) is 16.0 Å². The third kappa shape index (κ3) is 4.00. The van der Waals surface area contributed by atoms with Gasteiger partial charge in [-0.2, -0.15) is 0 Å². The number of pyridine rings is 2. The monoisotopic (exact) mass is 341 g/mol. The largest absolute Gasteiger partial charge is 0.463 e. The lowest BCUT2D eigenvalue weighted by Crippen LogP contribution is -2.03. The van der Waals surface area contributed by atoms with Crippen molar-refractivity contribution in [2.24, 2.45) is 0 Å². The number of carbonyl (C=O) groups is 1. The molecule has 0 aliphatic carbocycles. The van der Waals surface area contributed by atoms with Gasteiger partial charge in [-0.25, -0.2) is 9.78 Å². The van der Waals surface area contributed by atoms with E-state index in [1.807, 2.05) is 40.9 Å². The molecule has 0 saturated carbocycles. The predicted molar refractivity (Wildman–Crippen MR) is 92.8 cm³/mol. The Morgan fingerprint density at radius 1 is 1.25 bits per heavy atom. The maximum atomic E-state index is 11.8. The van der Waals surface area contributed by atoms with Gasteiger partial charge in [0, 0.05) is 24.7 Å². The fourth-order valence-electron chi connectivity index (χ4n) is 2.33. The van der Waals surface area contributed by atoms with E-state index in [0.717, 1.165) is 18.5 Å². The molecule has 0 bridgehead atoms. The predicted octanol–water partition coefficient (Wildman–Crippen LogP) is 3.57. The SMILES string of the molecule is O=C(/C=C/c1c(Cl)nc2ccccn12)OCCCc1ccncc1. The number of hydrogen-bond acceptors (Lipinski definition) is 4. The maximum Gasteiger partial charge on any atom is 0.330 e. The number of esters is 1. The van der Waals surface area contributed by atoms with Crippen molar-refractivity contribution in [2.45, 2.75) is 12.8 Å². The van der Waals surface area contributed by atoms with E-state index in [-0.39, 0.29) is 0 Å². The molecule has 0 amide bonds. The molecule has 6 heteroatoms. The maximum absolute atomic E-state index is 11.8. The molecule has 3 aromatic heterocycles. The zero-order chi connectivity index (χ0) is 16.8. The van der Waals surface area contributed by atoms with Gasteiger partial charge in [-0.1, -0.05) is 17.7 Å². The summed E-state index contributed by atoms with van der Waals surface area (Å²) >= 11 is 6.11. The highest BCUT2D eigenvalue weighted by atomic mass is 35.5. The van der Waals surface area contributed by atoms with Crippen LogP contribution in [0.25, 0.3) is 11.7 Å². The van der Waals surface area contributed by atoms with Crippen LogP contribution in [0.15, 0.2) is 55.0 Å². The Morgan fingerprint density at radius 3 is 2.92 bits per heavy atom. The van der Waals surface area contributed by atoms with Crippen LogP contribution in [0.2, 0.25) is 5.15 Å². The lowest BCUT2D eigenvalue weighted by molar-refractivity contribution is -0.137. The third-order valence-electron chi connectivity index (χ3n) is 3.50. The number of aryl methyl sites for hydroxylation is 1. The lowest BCUT2D eigenvalue weighted by Gasteiger charge is -2.02. The van der Waals surface area contributed by atoms with Crippen molar-refractivity contribution in [1.29, 1.82) is 0 Å². The van der Waals surface area contributed by atoms with Crippen molar-refractivity contribution >= 4 is 29.3 Å². The normalized spacial score (nSPS) is 11.2. The van der Waals surface area contributed by atoms with E-state index >= 15 is 0 Å². The molecule has 122 valence electrons. The zero-order valence-electron chi connectivity index (χ0n) is 12.9. The molecular weight excluding hydrogens is 326 g/mol. The van der Waals surface area contributed by atoms with Crippen LogP contribution in [0.5, 0.6) is 0 Å². The first-order chi connectivity index (χ1) is 11.7. The Hall–Kier alpha value is -2.66. The molecule has 0 fully saturated rings. The number of ether oxygens (including phenoxy) is 1. The Labute approximate surface area is 144 Å². The standard InChI is InChI=1S/C18H16ClN3O2/c19-18-15(22-12-2-1-5-16(22)21-18)6-7-17(23)24-13-3-4-14-8-10-20-11-9-14/h1-2,5-12H,3-4,13H2/b7-6+. The Bertz CT molecular complexity index is 859. The zero-order valence-corrected chi connectivity index (χ0v) is 13.7. The van der Waals surface area contributed by atoms with Gasteiger partial charge < -0.3 is 4.74 Å². The van der Waals surface area contributed by atoms with Crippen molar-refractivity contribution in [1.82, 2.24) is 14.4 Å². The van der Waals surface area contributed by atoms with E-state index in [0.29, 0.717) is 17.5 Å². The molecule has 3 heterocycles. The van der Waals surface area contributed by atoms with Gasteiger partial charge in [0.25, 0.3) is 0 Å². The third-order valence-corrected chi connectivity index (χ3v) is 3.78. The molecule has 3 aromatic rings. The van der Waals surface area contributed by atoms with Gasteiger partial charge in [-0.05, 0) is 48.7 Å². The van der Waals surface area contributed by atoms with E-state index in [1.165, 1.54) is 11.6 Å². The minimum absolute atomic E-state index is 0.350. The van der Waals surface area contributed by atoms with Crippen molar-refractivity contribution in [3.8, 4) is 0 Å². The smallest absolute Gasteiger partial charge is 0.330 e. The van der Waals surface area contributed by atoms with Crippen LogP contribution in [0.3, 0.4) is 0 Å². The second-order valence-corrected chi connectivity index (χ2v) is 5.53. The first-order valence-corrected chi connectivity index (χ1v) is 7.98. The van der Waals surface area contributed by atoms with Crippen molar-refractivity contribution < 1.29 is 9.53 Å². The van der Waals surface area contributed by atoms with Crippen molar-refractivity contribution in [3.63, 3.8) is 0 Å². The average molecular weight is 342 g/mol. The Balaban J connectivity index is 1.52. The molecule has 0 spiro atoms. The molecular formula is C18H16ClN3O2. The van der Waals surface area contributed by atoms with E-state index in [9.17, 15) is 4.79 Å². The minimum Gasteiger partial charge on any atom is -0.463 e. The van der Waals surface area contributed by atoms with Gasteiger partial charge in [0.15, 0.2) is 5.15 Å². The van der Waals surface area contributed by atoms with Crippen LogP contribution in [0, 0.1) is 0 Å². The highest BCUT2D eigenvalue weighted by Crippen LogP contribution is 2.18. The Morgan fingerprint density at radius 2 is 2.08 bits per heavy atom. The summed E-state index contributed by atoms with van der Waals surface area (Å²) in [5.41, 5.74) is 2.56. The molecule has 0 saturated heterocycles. The molecule has 0 aliphatic rings. The molecule has 0 atom stereocenters. The molecule has 0 aromatic carbocycles. The molecule has 0 N–H and O–H groups in total. The number of aromatic nitrogens is 3. The summed E-state index contributed by atoms with van der Waals surface area (Å²) in [5.74, 6) is -0.397. The quantitative estimate of drug-likeness (QED) is 0.391. The summed E-state index contributed by atoms with van der Waals surface area (Å²) in [6.45, 7) is 0.367. The fourth-order valence-corrected chi connectivity index (χ4v) is 2.57. The highest BCUT2D eigenvalue weighted by Gasteiger charge is 2.07. The van der Waals surface area contributed by atoms with Crippen molar-refractivity contribution in [2.75, 3.05) is 6.61 Å². The Kier molecular flexibility index (Phi) is 5.23. The fraction of sp³-hybridized carbons (Fsp3) is 0.167. The molecule has 0 radical (unpaired) electrons. The second kappa shape index (κ2) is 7.75. The number of fused-ring (bicyclic) bond motifs is 1. The average Bonchev–Trinajstić information content (AvgIpc) is 2.93. The van der Waals surface area contributed by atoms with E-state index in [2.05, 4.69) is 9.97 Å². The minimum atomic E-state index is -0.397. The number of rotatable bonds is 6. The van der Waals surface area contributed by atoms with Crippen LogP contribution in [-0.4, -0.2) is 26.9 Å². The van der Waals surface area contributed by atoms with Crippen molar-refractivity contribution in [3.05, 3.63) is 71.4 Å². The summed E-state index contributed by atoms with van der Waals surface area (Å²) in [5, 5.41) is 0.350. The molecule has 0 unspecified atom stereocenters. The molecule has 3 rings (SSSR count). The lowest BCUT2D eigenvalue weighted by atomic mass is 10.1. The highest BCUT2D eigenvalue weighted by molar-refractivity contribution is 6.31. The number of halogens is 1. The molecule has 24 heavy (non-hydrogen) atoms. The van der Waals surface area contributed by atoms with E-state index in [4.69, 9.17) is 16.3 Å². The van der Waals surface area contributed by atoms with Crippen LogP contribution in [0.4, 0.5) is 0 Å². The van der Waals surface area contributed by atoms with Gasteiger partial charge in [0.2, 0.25) is 0 Å². The van der Waals surface area contributed by atoms with Crippen LogP contribution >= 0.6 is 11.6 Å². The number of carbonyl (C=O) groups excluding carboxylic acids is 1. The van der Waals surface area contributed by atoms with Crippen LogP contribution in [0.1, 0.15) is 17.7 Å². The number of hydrogen-bond donors (Lipinski definition) is 0. The van der Waals surface area contributed by atoms with Gasteiger partial charge in [-0.3, -0.25) is 9.38 Å². The summed E-state index contributed by atoms with van der Waals surface area (Å²) in [6, 6.07) is 9.51. The van der Waals surface area contributed by atoms with E-state index < -0.39 is 5.97 Å². The van der Waals surface area contributed by atoms with Gasteiger partial charge >= 0.3 is 5.97 Å². The van der Waals surface area contributed by atoms with Crippen LogP contribution < -0.4 is 0 Å². The first-order valence-electron chi connectivity index (χ1n) is 7.60. The second-order valence-electron chi connectivity index (χ2n) is 5.18. The van der Waals surface area contributed by atoms with E-state index in [1.54, 1.807) is 18.5 Å². The molecule has 5 nitrogen and oxygen atoms in total. The number of nitrogens with zero attached hydrogens (tertiary/aromatic N) is 3. The van der Waals surface area contributed by atoms with Gasteiger partial charge in [-0.15, -0.1) is 0 Å². The summed E-state index contributed by atoms with van der Waals surface area (Å²) in [6.07, 6.45) is 9.95. The summed E-state index contributed by atoms with van der Waals surface area (Å²) in [4.78, 5) is 20.0. The van der Waals surface area contributed by atoms with Gasteiger partial charge in [0.1, 0.15) is 5.65 Å². The topological polar surface area (TPSA) is 56.5 Å². The first kappa shape index (κ1) is 16.2. The summed E-state index contributed by atoms with van der Waals surface area (Å²) < 4.78 is 7.01. The summed E-state index contributed by atoms with van der Waals surface area (Å²) in [7, 11) is 0.